The quantitative estimate of drug-likeness (QED) is 0.579. The van der Waals surface area contributed by atoms with Gasteiger partial charge in [-0.05, 0) is 5.56 Å². The average Bonchev–Trinajstić information content (AvgIpc) is 2.36. The summed E-state index contributed by atoms with van der Waals surface area (Å²) < 4.78 is 21.1. The van der Waals surface area contributed by atoms with Gasteiger partial charge in [-0.15, -0.1) is 0 Å². The molecule has 0 spiro atoms. The van der Waals surface area contributed by atoms with Crippen LogP contribution < -0.4 is 0 Å². The van der Waals surface area contributed by atoms with Crippen molar-refractivity contribution in [1.29, 1.82) is 0 Å². The predicted octanol–water partition coefficient (Wildman–Crippen LogP) is 3.70. The van der Waals surface area contributed by atoms with Crippen LogP contribution >= 0.6 is 7.60 Å². The summed E-state index contributed by atoms with van der Waals surface area (Å²) >= 11 is 0. The Labute approximate surface area is 95.9 Å². The molecule has 0 heterocycles. The Morgan fingerprint density at radius 3 is 2.25 bits per heavy atom. The molecule has 1 aromatic carbocycles. The maximum absolute atomic E-state index is 11.6. The van der Waals surface area contributed by atoms with Crippen molar-refractivity contribution < 1.29 is 13.6 Å². The molecule has 0 fully saturated rings. The average molecular weight is 238 g/mol. The molecule has 1 rings (SSSR count). The highest BCUT2D eigenvalue weighted by atomic mass is 31.2. The van der Waals surface area contributed by atoms with E-state index >= 15 is 0 Å². The molecule has 0 unspecified atom stereocenters. The smallest absolute Gasteiger partial charge is 0.309 e. The van der Waals surface area contributed by atoms with Crippen LogP contribution in [0.4, 0.5) is 0 Å². The van der Waals surface area contributed by atoms with Gasteiger partial charge in [-0.1, -0.05) is 48.6 Å². The van der Waals surface area contributed by atoms with Gasteiger partial charge >= 0.3 is 7.60 Å². The fourth-order valence-corrected chi connectivity index (χ4v) is 1.78. The third kappa shape index (κ3) is 4.15. The van der Waals surface area contributed by atoms with Gasteiger partial charge in [0.1, 0.15) is 0 Å². The first kappa shape index (κ1) is 12.9. The standard InChI is InChI=1S/C12H15O3P/c1-14-16(13,15-2)11-7-6-10-12-8-4-3-5-9-12/h3-11H,1-2H3/b10-6+,11-7+. The highest BCUT2D eigenvalue weighted by Gasteiger charge is 2.14. The summed E-state index contributed by atoms with van der Waals surface area (Å²) in [5.74, 6) is 1.42. The molecule has 0 aliphatic rings. The summed E-state index contributed by atoms with van der Waals surface area (Å²) in [4.78, 5) is 0. The van der Waals surface area contributed by atoms with Gasteiger partial charge in [-0.25, -0.2) is 0 Å². The van der Waals surface area contributed by atoms with Crippen LogP contribution in [0.25, 0.3) is 6.08 Å². The second-order valence-electron chi connectivity index (χ2n) is 3.02. The molecule has 0 aliphatic heterocycles. The lowest BCUT2D eigenvalue weighted by atomic mass is 10.2. The Balaban J connectivity index is 2.61. The van der Waals surface area contributed by atoms with Gasteiger partial charge in [0.15, 0.2) is 0 Å². The summed E-state index contributed by atoms with van der Waals surface area (Å²) in [5.41, 5.74) is 1.08. The lowest BCUT2D eigenvalue weighted by Crippen LogP contribution is -1.82. The molecule has 3 nitrogen and oxygen atoms in total. The molecule has 86 valence electrons. The molecule has 0 amide bonds. The van der Waals surface area contributed by atoms with Crippen molar-refractivity contribution in [3.05, 3.63) is 53.9 Å². The minimum atomic E-state index is -3.03. The lowest BCUT2D eigenvalue weighted by Gasteiger charge is -2.06. The lowest BCUT2D eigenvalue weighted by molar-refractivity contribution is 0.286. The van der Waals surface area contributed by atoms with E-state index in [2.05, 4.69) is 0 Å². The van der Waals surface area contributed by atoms with Crippen molar-refractivity contribution in [3.8, 4) is 0 Å². The summed E-state index contributed by atoms with van der Waals surface area (Å²) in [7, 11) is -0.321. The first-order valence-corrected chi connectivity index (χ1v) is 6.43. The van der Waals surface area contributed by atoms with E-state index in [4.69, 9.17) is 9.05 Å². The van der Waals surface area contributed by atoms with E-state index in [-0.39, 0.29) is 0 Å². The topological polar surface area (TPSA) is 35.5 Å². The molecule has 0 aromatic heterocycles. The third-order valence-electron chi connectivity index (χ3n) is 1.98. The van der Waals surface area contributed by atoms with Crippen LogP contribution in [-0.4, -0.2) is 14.2 Å². The van der Waals surface area contributed by atoms with Crippen LogP contribution in [0, 0.1) is 0 Å². The van der Waals surface area contributed by atoms with Crippen molar-refractivity contribution >= 4 is 13.7 Å². The van der Waals surface area contributed by atoms with Gasteiger partial charge in [0.2, 0.25) is 0 Å². The maximum Gasteiger partial charge on any atom is 0.353 e. The van der Waals surface area contributed by atoms with Gasteiger partial charge in [0.25, 0.3) is 0 Å². The van der Waals surface area contributed by atoms with Crippen molar-refractivity contribution in [2.45, 2.75) is 0 Å². The molecule has 0 N–H and O–H groups in total. The van der Waals surface area contributed by atoms with Crippen molar-refractivity contribution in [1.82, 2.24) is 0 Å². The van der Waals surface area contributed by atoms with Crippen molar-refractivity contribution in [2.24, 2.45) is 0 Å². The second-order valence-corrected chi connectivity index (χ2v) is 5.12. The summed E-state index contributed by atoms with van der Waals surface area (Å²) in [5, 5.41) is 0. The number of allylic oxidation sites excluding steroid dienone is 2. The molecular formula is C12H15O3P. The minimum absolute atomic E-state index is 1.08. The van der Waals surface area contributed by atoms with Crippen LogP contribution in [0.3, 0.4) is 0 Å². The van der Waals surface area contributed by atoms with E-state index in [0.29, 0.717) is 0 Å². The monoisotopic (exact) mass is 238 g/mol. The van der Waals surface area contributed by atoms with E-state index in [0.717, 1.165) is 5.56 Å². The van der Waals surface area contributed by atoms with Crippen LogP contribution in [0.5, 0.6) is 0 Å². The molecule has 16 heavy (non-hydrogen) atoms. The first-order valence-electron chi connectivity index (χ1n) is 4.82. The Morgan fingerprint density at radius 1 is 1.06 bits per heavy atom. The Morgan fingerprint density at radius 2 is 1.69 bits per heavy atom. The van der Waals surface area contributed by atoms with E-state index in [1.165, 1.54) is 20.0 Å². The van der Waals surface area contributed by atoms with E-state index < -0.39 is 7.60 Å². The second kappa shape index (κ2) is 6.44. The number of rotatable bonds is 5. The molecule has 0 bridgehead atoms. The molecular weight excluding hydrogens is 223 g/mol. The van der Waals surface area contributed by atoms with Crippen molar-refractivity contribution in [3.63, 3.8) is 0 Å². The third-order valence-corrected chi connectivity index (χ3v) is 3.53. The van der Waals surface area contributed by atoms with Gasteiger partial charge in [0, 0.05) is 20.0 Å². The van der Waals surface area contributed by atoms with Crippen LogP contribution in [-0.2, 0) is 13.6 Å². The number of hydrogen-bond donors (Lipinski definition) is 0. The van der Waals surface area contributed by atoms with E-state index in [1.807, 2.05) is 36.4 Å². The molecule has 4 heteroatoms. The fourth-order valence-electron chi connectivity index (χ4n) is 1.08. The van der Waals surface area contributed by atoms with Gasteiger partial charge in [-0.3, -0.25) is 4.57 Å². The highest BCUT2D eigenvalue weighted by Crippen LogP contribution is 2.47. The SMILES string of the molecule is COP(=O)(/C=C/C=C/c1ccccc1)OC. The maximum atomic E-state index is 11.6. The predicted molar refractivity (Wildman–Crippen MR) is 66.2 cm³/mol. The van der Waals surface area contributed by atoms with Crippen LogP contribution in [0.1, 0.15) is 5.56 Å². The van der Waals surface area contributed by atoms with E-state index in [9.17, 15) is 4.57 Å². The molecule has 1 aromatic rings. The normalized spacial score (nSPS) is 12.6. The zero-order valence-electron chi connectivity index (χ0n) is 9.37. The number of benzene rings is 1. The van der Waals surface area contributed by atoms with E-state index in [1.54, 1.807) is 12.2 Å². The minimum Gasteiger partial charge on any atom is -0.309 e. The molecule has 0 atom stereocenters. The van der Waals surface area contributed by atoms with Gasteiger partial charge < -0.3 is 9.05 Å². The Hall–Kier alpha value is -1.15. The summed E-state index contributed by atoms with van der Waals surface area (Å²) in [6, 6.07) is 9.83. The highest BCUT2D eigenvalue weighted by molar-refractivity contribution is 7.57. The zero-order valence-corrected chi connectivity index (χ0v) is 10.3. The summed E-state index contributed by atoms with van der Waals surface area (Å²) in [6.07, 6.45) is 5.35. The Bertz CT molecular complexity index is 402. The molecule has 0 aliphatic carbocycles. The first-order chi connectivity index (χ1) is 7.70. The largest absolute Gasteiger partial charge is 0.353 e. The summed E-state index contributed by atoms with van der Waals surface area (Å²) in [6.45, 7) is 0. The zero-order chi connectivity index (χ0) is 11.9. The molecule has 0 saturated carbocycles. The molecule has 0 radical (unpaired) electrons. The fraction of sp³-hybridized carbons (Fsp3) is 0.167. The van der Waals surface area contributed by atoms with Gasteiger partial charge in [-0.2, -0.15) is 0 Å². The van der Waals surface area contributed by atoms with Crippen molar-refractivity contribution in [2.75, 3.05) is 14.2 Å². The van der Waals surface area contributed by atoms with Gasteiger partial charge in [0.05, 0.1) is 0 Å². The van der Waals surface area contributed by atoms with Crippen LogP contribution in [0.15, 0.2) is 48.3 Å². The number of hydrogen-bond acceptors (Lipinski definition) is 3. The Kier molecular flexibility index (Phi) is 5.20. The molecule has 0 saturated heterocycles. The van der Waals surface area contributed by atoms with Crippen LogP contribution in [0.2, 0.25) is 0 Å².